The number of nitrogens with zero attached hydrogens (tertiary/aromatic N) is 2. The van der Waals surface area contributed by atoms with Crippen LogP contribution in [0.1, 0.15) is 36.8 Å². The summed E-state index contributed by atoms with van der Waals surface area (Å²) in [7, 11) is -0.338. The molecule has 6 nitrogen and oxygen atoms in total. The van der Waals surface area contributed by atoms with Gasteiger partial charge >= 0.3 is 0 Å². The first-order chi connectivity index (χ1) is 17.6. The number of halogens is 2. The third kappa shape index (κ3) is 6.53. The zero-order chi connectivity index (χ0) is 26.6. The minimum atomic E-state index is -4.05. The predicted molar refractivity (Wildman–Crippen MR) is 141 cm³/mol. The fourth-order valence-electron chi connectivity index (χ4n) is 4.62. The maximum atomic E-state index is 13.7. The normalized spacial score (nSPS) is 14.2. The Bertz CT molecular complexity index is 1340. The monoisotopic (exact) mass is 527 g/mol. The molecule has 1 aliphatic rings. The first-order valence-corrected chi connectivity index (χ1v) is 13.7. The number of rotatable bonds is 9. The average molecular weight is 528 g/mol. The van der Waals surface area contributed by atoms with Crippen molar-refractivity contribution in [2.24, 2.45) is 5.92 Å². The average Bonchev–Trinajstić information content (AvgIpc) is 3.40. The Labute approximate surface area is 217 Å². The molecule has 0 bridgehead atoms. The second kappa shape index (κ2) is 11.4. The summed E-state index contributed by atoms with van der Waals surface area (Å²) < 4.78 is 55.7. The molecule has 0 radical (unpaired) electrons. The number of nitrogens with one attached hydrogen (secondary N) is 1. The van der Waals surface area contributed by atoms with Gasteiger partial charge < -0.3 is 10.2 Å². The van der Waals surface area contributed by atoms with Gasteiger partial charge in [0.1, 0.15) is 11.6 Å². The van der Waals surface area contributed by atoms with E-state index in [4.69, 9.17) is 0 Å². The minimum absolute atomic E-state index is 0.00852. The molecule has 1 fully saturated rings. The Hall–Kier alpha value is -3.30. The first-order valence-electron chi connectivity index (χ1n) is 12.2. The number of benzene rings is 3. The van der Waals surface area contributed by atoms with Crippen LogP contribution in [0, 0.1) is 17.6 Å². The van der Waals surface area contributed by atoms with Crippen LogP contribution < -0.4 is 10.2 Å². The van der Waals surface area contributed by atoms with Crippen molar-refractivity contribution in [3.63, 3.8) is 0 Å². The number of sulfonamides is 1. The molecule has 1 amide bonds. The van der Waals surface area contributed by atoms with Crippen molar-refractivity contribution in [1.82, 2.24) is 4.31 Å². The number of hydrogen-bond donors (Lipinski definition) is 1. The van der Waals surface area contributed by atoms with Crippen LogP contribution in [0.25, 0.3) is 0 Å². The molecule has 0 spiro atoms. The highest BCUT2D eigenvalue weighted by Gasteiger charge is 2.27. The quantitative estimate of drug-likeness (QED) is 0.396. The summed E-state index contributed by atoms with van der Waals surface area (Å²) in [4.78, 5) is 14.5. The van der Waals surface area contributed by atoms with Gasteiger partial charge in [-0.15, -0.1) is 0 Å². The molecule has 1 saturated carbocycles. The van der Waals surface area contributed by atoms with E-state index < -0.39 is 21.7 Å². The van der Waals surface area contributed by atoms with E-state index in [-0.39, 0.29) is 29.8 Å². The van der Waals surface area contributed by atoms with Crippen molar-refractivity contribution >= 4 is 27.3 Å². The van der Waals surface area contributed by atoms with Gasteiger partial charge in [0, 0.05) is 44.5 Å². The van der Waals surface area contributed by atoms with Crippen LogP contribution in [-0.2, 0) is 27.9 Å². The molecule has 3 aromatic carbocycles. The summed E-state index contributed by atoms with van der Waals surface area (Å²) in [5.41, 5.74) is 2.67. The van der Waals surface area contributed by atoms with Crippen LogP contribution in [0.4, 0.5) is 20.2 Å². The molecule has 0 atom stereocenters. The summed E-state index contributed by atoms with van der Waals surface area (Å²) in [6, 6.07) is 15.7. The molecule has 0 aromatic heterocycles. The number of carbonyl (C=O) groups is 1. The highest BCUT2D eigenvalue weighted by atomic mass is 32.2. The highest BCUT2D eigenvalue weighted by Crippen LogP contribution is 2.30. The third-order valence-electron chi connectivity index (χ3n) is 6.63. The lowest BCUT2D eigenvalue weighted by atomic mass is 10.1. The van der Waals surface area contributed by atoms with Crippen molar-refractivity contribution in [1.29, 1.82) is 0 Å². The van der Waals surface area contributed by atoms with E-state index in [1.165, 1.54) is 40.7 Å². The lowest BCUT2D eigenvalue weighted by Crippen LogP contribution is -2.31. The van der Waals surface area contributed by atoms with Crippen molar-refractivity contribution in [3.05, 3.63) is 89.5 Å². The fraction of sp³-hybridized carbons (Fsp3) is 0.321. The van der Waals surface area contributed by atoms with E-state index in [0.29, 0.717) is 16.8 Å². The molecule has 0 saturated heterocycles. The van der Waals surface area contributed by atoms with E-state index in [9.17, 15) is 22.0 Å². The number of amides is 1. The summed E-state index contributed by atoms with van der Waals surface area (Å²) in [6.45, 7) is -0.0384. The standard InChI is InChI=1S/C28H31F2N3O3S/c1-32(2)27-16-13-25(31-28(34)21-5-3-4-6-21)17-22(27)19-33(18-20-7-9-23(29)10-8-20)37(35,36)26-14-11-24(30)12-15-26/h7-17,21H,3-6,18-19H2,1-2H3,(H,31,34). The predicted octanol–water partition coefficient (Wildman–Crippen LogP) is 5.55. The van der Waals surface area contributed by atoms with Gasteiger partial charge in [0.05, 0.1) is 4.90 Å². The SMILES string of the molecule is CN(C)c1ccc(NC(=O)C2CCCC2)cc1CN(Cc1ccc(F)cc1)S(=O)(=O)c1ccc(F)cc1. The molecule has 0 heterocycles. The van der Waals surface area contributed by atoms with Crippen LogP contribution in [-0.4, -0.2) is 32.7 Å². The Kier molecular flexibility index (Phi) is 8.24. The van der Waals surface area contributed by atoms with Crippen molar-refractivity contribution in [2.45, 2.75) is 43.7 Å². The van der Waals surface area contributed by atoms with Gasteiger partial charge in [0.2, 0.25) is 15.9 Å². The van der Waals surface area contributed by atoms with Gasteiger partial charge in [-0.1, -0.05) is 25.0 Å². The molecule has 1 aliphatic carbocycles. The summed E-state index contributed by atoms with van der Waals surface area (Å²) in [5.74, 6) is -0.990. The van der Waals surface area contributed by atoms with Gasteiger partial charge in [-0.05, 0) is 78.6 Å². The van der Waals surface area contributed by atoms with Gasteiger partial charge in [-0.25, -0.2) is 17.2 Å². The maximum Gasteiger partial charge on any atom is 0.243 e. The molecular weight excluding hydrogens is 496 g/mol. The molecule has 0 aliphatic heterocycles. The topological polar surface area (TPSA) is 69.7 Å². The molecular formula is C28H31F2N3O3S. The maximum absolute atomic E-state index is 13.7. The molecule has 4 rings (SSSR count). The van der Waals surface area contributed by atoms with Crippen molar-refractivity contribution in [3.8, 4) is 0 Å². The lowest BCUT2D eigenvalue weighted by Gasteiger charge is -2.26. The summed E-state index contributed by atoms with van der Waals surface area (Å²) in [5, 5.41) is 2.99. The van der Waals surface area contributed by atoms with Crippen molar-refractivity contribution < 1.29 is 22.0 Å². The van der Waals surface area contributed by atoms with Crippen LogP contribution in [0.3, 0.4) is 0 Å². The number of anilines is 2. The second-order valence-corrected chi connectivity index (χ2v) is 11.5. The summed E-state index contributed by atoms with van der Waals surface area (Å²) in [6.07, 6.45) is 3.83. The zero-order valence-corrected chi connectivity index (χ0v) is 21.8. The molecule has 9 heteroatoms. The van der Waals surface area contributed by atoms with Crippen molar-refractivity contribution in [2.75, 3.05) is 24.3 Å². The Morgan fingerprint density at radius 1 is 0.892 bits per heavy atom. The van der Waals surface area contributed by atoms with Crippen LogP contribution in [0.15, 0.2) is 71.6 Å². The number of hydrogen-bond acceptors (Lipinski definition) is 4. The van der Waals surface area contributed by atoms with E-state index >= 15 is 0 Å². The number of carbonyl (C=O) groups excluding carboxylic acids is 1. The highest BCUT2D eigenvalue weighted by molar-refractivity contribution is 7.89. The van der Waals surface area contributed by atoms with Crippen LogP contribution >= 0.6 is 0 Å². The van der Waals surface area contributed by atoms with Gasteiger partial charge in [0.25, 0.3) is 0 Å². The first kappa shape index (κ1) is 26.8. The Morgan fingerprint density at radius 3 is 2.08 bits per heavy atom. The van der Waals surface area contributed by atoms with Crippen LogP contribution in [0.2, 0.25) is 0 Å². The van der Waals surface area contributed by atoms with Gasteiger partial charge in [0.15, 0.2) is 0 Å². The Balaban J connectivity index is 1.69. The summed E-state index contributed by atoms with van der Waals surface area (Å²) >= 11 is 0. The molecule has 3 aromatic rings. The fourth-order valence-corrected chi connectivity index (χ4v) is 6.03. The van der Waals surface area contributed by atoms with E-state index in [1.54, 1.807) is 6.07 Å². The molecule has 0 unspecified atom stereocenters. The third-order valence-corrected chi connectivity index (χ3v) is 8.43. The minimum Gasteiger partial charge on any atom is -0.377 e. The zero-order valence-electron chi connectivity index (χ0n) is 21.0. The van der Waals surface area contributed by atoms with Gasteiger partial charge in [-0.3, -0.25) is 4.79 Å². The molecule has 196 valence electrons. The smallest absolute Gasteiger partial charge is 0.243 e. The van der Waals surface area contributed by atoms with Gasteiger partial charge in [-0.2, -0.15) is 4.31 Å². The second-order valence-electron chi connectivity index (χ2n) is 9.56. The largest absolute Gasteiger partial charge is 0.377 e. The lowest BCUT2D eigenvalue weighted by molar-refractivity contribution is -0.119. The van der Waals surface area contributed by atoms with Crippen LogP contribution in [0.5, 0.6) is 0 Å². The van der Waals surface area contributed by atoms with E-state index in [2.05, 4.69) is 5.32 Å². The van der Waals surface area contributed by atoms with E-state index in [0.717, 1.165) is 43.5 Å². The van der Waals surface area contributed by atoms with E-state index in [1.807, 2.05) is 31.1 Å². The molecule has 37 heavy (non-hydrogen) atoms. The molecule has 1 N–H and O–H groups in total. The Morgan fingerprint density at radius 2 is 1.49 bits per heavy atom.